The molecule has 1 N–H and O–H groups in total. The van der Waals surface area contributed by atoms with Crippen LogP contribution in [-0.2, 0) is 6.54 Å². The van der Waals surface area contributed by atoms with E-state index in [0.717, 1.165) is 16.8 Å². The number of pyridine rings is 1. The van der Waals surface area contributed by atoms with Crippen LogP contribution in [0.25, 0.3) is 0 Å². The normalized spacial score (nSPS) is 12.4. The minimum Gasteiger partial charge on any atom is -0.365 e. The van der Waals surface area contributed by atoms with Crippen molar-refractivity contribution in [3.05, 3.63) is 41.0 Å². The van der Waals surface area contributed by atoms with Crippen molar-refractivity contribution in [2.75, 3.05) is 5.32 Å². The molecule has 0 amide bonds. The molecule has 0 aromatic carbocycles. The summed E-state index contributed by atoms with van der Waals surface area (Å²) in [6.45, 7) is 5.04. The number of imidazole rings is 1. The van der Waals surface area contributed by atoms with Crippen molar-refractivity contribution < 1.29 is 0 Å². The van der Waals surface area contributed by atoms with Gasteiger partial charge in [-0.25, -0.2) is 9.97 Å². The standard InChI is InChI=1S/C12H15BrN4/c1-9-3-4-15-12(11(9)13)16-10(2)7-17-6-5-14-8-17/h3-6,8,10H,7H2,1-2H3,(H,15,16). The van der Waals surface area contributed by atoms with Crippen LogP contribution in [0.2, 0.25) is 0 Å². The van der Waals surface area contributed by atoms with Gasteiger partial charge in [-0.3, -0.25) is 0 Å². The van der Waals surface area contributed by atoms with Crippen LogP contribution in [0.4, 0.5) is 5.82 Å². The molecule has 2 heterocycles. The minimum absolute atomic E-state index is 0.287. The van der Waals surface area contributed by atoms with E-state index in [2.05, 4.69) is 45.1 Å². The molecule has 90 valence electrons. The maximum atomic E-state index is 4.33. The van der Waals surface area contributed by atoms with Gasteiger partial charge in [-0.05, 0) is 41.4 Å². The van der Waals surface area contributed by atoms with E-state index in [1.165, 1.54) is 5.56 Å². The lowest BCUT2D eigenvalue weighted by molar-refractivity contribution is 0.616. The van der Waals surface area contributed by atoms with E-state index < -0.39 is 0 Å². The van der Waals surface area contributed by atoms with Gasteiger partial charge < -0.3 is 9.88 Å². The molecule has 0 bridgehead atoms. The second kappa shape index (κ2) is 5.31. The molecule has 0 saturated heterocycles. The lowest BCUT2D eigenvalue weighted by atomic mass is 10.2. The molecule has 0 spiro atoms. The Morgan fingerprint density at radius 1 is 1.47 bits per heavy atom. The lowest BCUT2D eigenvalue weighted by Gasteiger charge is -2.16. The molecule has 2 aromatic heterocycles. The molecular weight excluding hydrogens is 280 g/mol. The molecule has 0 radical (unpaired) electrons. The van der Waals surface area contributed by atoms with E-state index in [1.54, 1.807) is 6.20 Å². The molecule has 0 aliphatic rings. The number of aryl methyl sites for hydroxylation is 1. The predicted molar refractivity (Wildman–Crippen MR) is 72.0 cm³/mol. The summed E-state index contributed by atoms with van der Waals surface area (Å²) in [6.07, 6.45) is 7.37. The summed E-state index contributed by atoms with van der Waals surface area (Å²) in [7, 11) is 0. The number of rotatable bonds is 4. The number of halogens is 1. The molecule has 1 unspecified atom stereocenters. The first-order chi connectivity index (χ1) is 8.16. The van der Waals surface area contributed by atoms with Crippen LogP contribution in [0.15, 0.2) is 35.5 Å². The van der Waals surface area contributed by atoms with Gasteiger partial charge in [0.15, 0.2) is 0 Å². The molecule has 5 heteroatoms. The highest BCUT2D eigenvalue weighted by Crippen LogP contribution is 2.23. The Morgan fingerprint density at radius 3 is 3.00 bits per heavy atom. The Morgan fingerprint density at radius 2 is 2.29 bits per heavy atom. The average Bonchev–Trinajstić information content (AvgIpc) is 2.77. The summed E-state index contributed by atoms with van der Waals surface area (Å²) in [5.41, 5.74) is 1.18. The lowest BCUT2D eigenvalue weighted by Crippen LogP contribution is -2.22. The maximum absolute atomic E-state index is 4.33. The first-order valence-corrected chi connectivity index (χ1v) is 6.29. The van der Waals surface area contributed by atoms with Crippen molar-refractivity contribution in [1.29, 1.82) is 0 Å². The number of hydrogen-bond donors (Lipinski definition) is 1. The van der Waals surface area contributed by atoms with Crippen LogP contribution in [-0.4, -0.2) is 20.6 Å². The van der Waals surface area contributed by atoms with Crippen LogP contribution in [0, 0.1) is 6.92 Å². The van der Waals surface area contributed by atoms with Crippen LogP contribution in [0.3, 0.4) is 0 Å². The number of anilines is 1. The van der Waals surface area contributed by atoms with Gasteiger partial charge in [0.1, 0.15) is 5.82 Å². The van der Waals surface area contributed by atoms with Gasteiger partial charge >= 0.3 is 0 Å². The van der Waals surface area contributed by atoms with Crippen molar-refractivity contribution in [3.8, 4) is 0 Å². The molecule has 2 rings (SSSR count). The fourth-order valence-corrected chi connectivity index (χ4v) is 1.98. The maximum Gasteiger partial charge on any atom is 0.140 e. The second-order valence-corrected chi connectivity index (χ2v) is 4.89. The van der Waals surface area contributed by atoms with Gasteiger partial charge in [0.25, 0.3) is 0 Å². The molecule has 0 aliphatic carbocycles. The highest BCUT2D eigenvalue weighted by Gasteiger charge is 2.08. The molecular formula is C12H15BrN4. The first kappa shape index (κ1) is 12.1. The zero-order valence-electron chi connectivity index (χ0n) is 9.89. The Hall–Kier alpha value is -1.36. The molecule has 0 saturated carbocycles. The number of aromatic nitrogens is 3. The predicted octanol–water partition coefficient (Wildman–Crippen LogP) is 2.85. The van der Waals surface area contributed by atoms with Gasteiger partial charge in [0.05, 0.1) is 10.8 Å². The van der Waals surface area contributed by atoms with Crippen molar-refractivity contribution in [2.45, 2.75) is 26.4 Å². The van der Waals surface area contributed by atoms with Crippen LogP contribution < -0.4 is 5.32 Å². The van der Waals surface area contributed by atoms with Crippen LogP contribution >= 0.6 is 15.9 Å². The van der Waals surface area contributed by atoms with E-state index in [-0.39, 0.29) is 6.04 Å². The monoisotopic (exact) mass is 294 g/mol. The quantitative estimate of drug-likeness (QED) is 0.943. The van der Waals surface area contributed by atoms with Crippen molar-refractivity contribution >= 4 is 21.7 Å². The fourth-order valence-electron chi connectivity index (χ4n) is 1.63. The van der Waals surface area contributed by atoms with E-state index in [0.29, 0.717) is 0 Å². The number of nitrogens with one attached hydrogen (secondary N) is 1. The summed E-state index contributed by atoms with van der Waals surface area (Å²) in [6, 6.07) is 2.27. The summed E-state index contributed by atoms with van der Waals surface area (Å²) < 4.78 is 3.07. The van der Waals surface area contributed by atoms with Gasteiger partial charge in [-0.1, -0.05) is 0 Å². The molecule has 17 heavy (non-hydrogen) atoms. The second-order valence-electron chi connectivity index (χ2n) is 4.10. The van der Waals surface area contributed by atoms with Gasteiger partial charge in [0.2, 0.25) is 0 Å². The number of nitrogens with zero attached hydrogens (tertiary/aromatic N) is 3. The van der Waals surface area contributed by atoms with Gasteiger partial charge in [-0.2, -0.15) is 0 Å². The SMILES string of the molecule is Cc1ccnc(NC(C)Cn2ccnc2)c1Br. The molecule has 2 aromatic rings. The van der Waals surface area contributed by atoms with Crippen LogP contribution in [0.5, 0.6) is 0 Å². The first-order valence-electron chi connectivity index (χ1n) is 5.50. The van der Waals surface area contributed by atoms with E-state index in [4.69, 9.17) is 0 Å². The Balaban J connectivity index is 2.03. The smallest absolute Gasteiger partial charge is 0.140 e. The highest BCUT2D eigenvalue weighted by molar-refractivity contribution is 9.10. The average molecular weight is 295 g/mol. The van der Waals surface area contributed by atoms with Crippen molar-refractivity contribution in [3.63, 3.8) is 0 Å². The van der Waals surface area contributed by atoms with Gasteiger partial charge in [-0.15, -0.1) is 0 Å². The third-order valence-corrected chi connectivity index (χ3v) is 3.51. The molecule has 4 nitrogen and oxygen atoms in total. The third kappa shape index (κ3) is 3.06. The van der Waals surface area contributed by atoms with Gasteiger partial charge in [0, 0.05) is 31.2 Å². The van der Waals surface area contributed by atoms with Crippen molar-refractivity contribution in [2.24, 2.45) is 0 Å². The minimum atomic E-state index is 0.287. The highest BCUT2D eigenvalue weighted by atomic mass is 79.9. The number of hydrogen-bond acceptors (Lipinski definition) is 3. The van der Waals surface area contributed by atoms with E-state index in [1.807, 2.05) is 29.4 Å². The molecule has 0 aliphatic heterocycles. The third-order valence-electron chi connectivity index (χ3n) is 2.51. The zero-order valence-corrected chi connectivity index (χ0v) is 11.5. The van der Waals surface area contributed by atoms with Crippen LogP contribution in [0.1, 0.15) is 12.5 Å². The molecule has 0 fully saturated rings. The topological polar surface area (TPSA) is 42.7 Å². The van der Waals surface area contributed by atoms with E-state index in [9.17, 15) is 0 Å². The Labute approximate surface area is 109 Å². The summed E-state index contributed by atoms with van der Waals surface area (Å²) in [4.78, 5) is 8.35. The Kier molecular flexibility index (Phi) is 3.78. The largest absolute Gasteiger partial charge is 0.365 e. The Bertz CT molecular complexity index is 481. The van der Waals surface area contributed by atoms with Crippen molar-refractivity contribution in [1.82, 2.24) is 14.5 Å². The zero-order chi connectivity index (χ0) is 12.3. The fraction of sp³-hybridized carbons (Fsp3) is 0.333. The molecule has 1 atom stereocenters. The summed E-state index contributed by atoms with van der Waals surface area (Å²) in [5.74, 6) is 0.887. The van der Waals surface area contributed by atoms with E-state index >= 15 is 0 Å². The summed E-state index contributed by atoms with van der Waals surface area (Å²) in [5, 5.41) is 3.38. The summed E-state index contributed by atoms with van der Waals surface area (Å²) >= 11 is 3.54.